The van der Waals surface area contributed by atoms with E-state index in [2.05, 4.69) is 54.0 Å². The van der Waals surface area contributed by atoms with E-state index in [1.807, 2.05) is 24.3 Å². The van der Waals surface area contributed by atoms with Gasteiger partial charge >= 0.3 is 5.97 Å². The molecule has 5 nitrogen and oxygen atoms in total. The molecule has 4 aromatic rings. The lowest BCUT2D eigenvalue weighted by Crippen LogP contribution is -2.20. The molecule has 202 valence electrons. The van der Waals surface area contributed by atoms with Gasteiger partial charge in [-0.15, -0.1) is 11.3 Å². The number of aromatic nitrogens is 1. The monoisotopic (exact) mass is 540 g/mol. The Morgan fingerprint density at radius 3 is 2.33 bits per heavy atom. The van der Waals surface area contributed by atoms with Crippen LogP contribution in [0.1, 0.15) is 89.5 Å². The normalized spacial score (nSPS) is 14.7. The van der Waals surface area contributed by atoms with E-state index < -0.39 is 5.97 Å². The maximum atomic E-state index is 11.1. The number of carboxylic acid groups (broad SMARTS) is 1. The van der Waals surface area contributed by atoms with Crippen molar-refractivity contribution < 1.29 is 14.6 Å². The highest BCUT2D eigenvalue weighted by Gasteiger charge is 2.16. The predicted molar refractivity (Wildman–Crippen MR) is 157 cm³/mol. The number of thiazole rings is 1. The van der Waals surface area contributed by atoms with Gasteiger partial charge in [-0.1, -0.05) is 62.6 Å². The van der Waals surface area contributed by atoms with Gasteiger partial charge in [0, 0.05) is 17.5 Å². The zero-order valence-corrected chi connectivity index (χ0v) is 23.3. The van der Waals surface area contributed by atoms with Crippen LogP contribution < -0.4 is 10.1 Å². The zero-order valence-electron chi connectivity index (χ0n) is 22.4. The van der Waals surface area contributed by atoms with Gasteiger partial charge in [0.1, 0.15) is 17.4 Å². The number of hydrogen-bond donors (Lipinski definition) is 2. The lowest BCUT2D eigenvalue weighted by atomic mass is 9.84. The molecule has 1 unspecified atom stereocenters. The van der Waals surface area contributed by atoms with E-state index in [0.717, 1.165) is 39.9 Å². The largest absolute Gasteiger partial charge is 0.489 e. The third-order valence-electron chi connectivity index (χ3n) is 7.59. The molecule has 2 N–H and O–H groups in total. The van der Waals surface area contributed by atoms with Crippen LogP contribution in [0.3, 0.4) is 0 Å². The minimum Gasteiger partial charge on any atom is -0.489 e. The molecular weight excluding hydrogens is 504 g/mol. The molecule has 1 heterocycles. The maximum absolute atomic E-state index is 11.1. The van der Waals surface area contributed by atoms with Crippen LogP contribution in [0.15, 0.2) is 78.2 Å². The SMILES string of the molecule is CCC(NCc1ccc(C(=O)O)cc1)c1nc(-c2ccc(OCc3ccc(C4CCCCC4)cc3)cc2)cs1. The van der Waals surface area contributed by atoms with E-state index >= 15 is 0 Å². The summed E-state index contributed by atoms with van der Waals surface area (Å²) in [6, 6.07) is 24.3. The quantitative estimate of drug-likeness (QED) is 0.200. The van der Waals surface area contributed by atoms with E-state index in [-0.39, 0.29) is 6.04 Å². The van der Waals surface area contributed by atoms with Gasteiger partial charge < -0.3 is 15.2 Å². The Balaban J connectivity index is 1.14. The molecule has 3 aromatic carbocycles. The van der Waals surface area contributed by atoms with E-state index in [9.17, 15) is 4.79 Å². The van der Waals surface area contributed by atoms with Gasteiger partial charge in [-0.25, -0.2) is 9.78 Å². The van der Waals surface area contributed by atoms with Crippen molar-refractivity contribution in [1.29, 1.82) is 0 Å². The van der Waals surface area contributed by atoms with Crippen molar-refractivity contribution in [2.45, 2.75) is 70.6 Å². The van der Waals surface area contributed by atoms with Crippen molar-refractivity contribution in [2.75, 3.05) is 0 Å². The summed E-state index contributed by atoms with van der Waals surface area (Å²) >= 11 is 1.66. The molecule has 5 rings (SSSR count). The van der Waals surface area contributed by atoms with Crippen LogP contribution in [-0.2, 0) is 13.2 Å². The molecule has 0 bridgehead atoms. The molecule has 1 aliphatic rings. The first-order chi connectivity index (χ1) is 19.1. The highest BCUT2D eigenvalue weighted by atomic mass is 32.1. The van der Waals surface area contributed by atoms with Gasteiger partial charge in [0.2, 0.25) is 0 Å². The summed E-state index contributed by atoms with van der Waals surface area (Å²) in [4.78, 5) is 16.0. The summed E-state index contributed by atoms with van der Waals surface area (Å²) < 4.78 is 6.06. The van der Waals surface area contributed by atoms with Gasteiger partial charge in [0.25, 0.3) is 0 Å². The summed E-state index contributed by atoms with van der Waals surface area (Å²) in [7, 11) is 0. The molecule has 1 atom stereocenters. The number of ether oxygens (including phenoxy) is 1. The Labute approximate surface area is 234 Å². The van der Waals surface area contributed by atoms with Crippen LogP contribution in [-0.4, -0.2) is 16.1 Å². The van der Waals surface area contributed by atoms with Crippen LogP contribution in [0.25, 0.3) is 11.3 Å². The average molecular weight is 541 g/mol. The Kier molecular flexibility index (Phi) is 9.07. The van der Waals surface area contributed by atoms with Crippen molar-refractivity contribution >= 4 is 17.3 Å². The van der Waals surface area contributed by atoms with Crippen molar-refractivity contribution in [3.8, 4) is 17.0 Å². The molecule has 0 saturated heterocycles. The first-order valence-electron chi connectivity index (χ1n) is 13.9. The maximum Gasteiger partial charge on any atom is 0.335 e. The average Bonchev–Trinajstić information content (AvgIpc) is 3.48. The molecule has 0 amide bonds. The van der Waals surface area contributed by atoms with Gasteiger partial charge in [-0.2, -0.15) is 0 Å². The lowest BCUT2D eigenvalue weighted by molar-refractivity contribution is 0.0697. The van der Waals surface area contributed by atoms with Gasteiger partial charge in [-0.3, -0.25) is 0 Å². The van der Waals surface area contributed by atoms with E-state index in [4.69, 9.17) is 14.8 Å². The van der Waals surface area contributed by atoms with E-state index in [0.29, 0.717) is 18.7 Å². The number of rotatable bonds is 11. The fraction of sp³-hybridized carbons (Fsp3) is 0.333. The number of hydrogen-bond acceptors (Lipinski definition) is 5. The number of nitrogens with zero attached hydrogens (tertiary/aromatic N) is 1. The third kappa shape index (κ3) is 7.14. The molecular formula is C33H36N2O3S. The molecule has 1 saturated carbocycles. The van der Waals surface area contributed by atoms with Crippen LogP contribution in [0.2, 0.25) is 0 Å². The van der Waals surface area contributed by atoms with Crippen LogP contribution >= 0.6 is 11.3 Å². The first kappa shape index (κ1) is 27.1. The Morgan fingerprint density at radius 2 is 1.67 bits per heavy atom. The molecule has 1 aliphatic carbocycles. The zero-order chi connectivity index (χ0) is 27.0. The van der Waals surface area contributed by atoms with E-state index in [1.165, 1.54) is 43.2 Å². The Hall–Kier alpha value is -3.48. The highest BCUT2D eigenvalue weighted by Crippen LogP contribution is 2.33. The van der Waals surface area contributed by atoms with Gasteiger partial charge in [-0.05, 0) is 78.3 Å². The van der Waals surface area contributed by atoms with Gasteiger partial charge in [0.05, 0.1) is 17.3 Å². The number of nitrogens with one attached hydrogen (secondary N) is 1. The molecule has 0 spiro atoms. The second-order valence-electron chi connectivity index (χ2n) is 10.3. The Bertz CT molecular complexity index is 1340. The third-order valence-corrected chi connectivity index (χ3v) is 8.55. The van der Waals surface area contributed by atoms with Crippen molar-refractivity contribution in [1.82, 2.24) is 10.3 Å². The molecule has 39 heavy (non-hydrogen) atoms. The van der Waals surface area contributed by atoms with Crippen LogP contribution in [0, 0.1) is 0 Å². The second-order valence-corrected chi connectivity index (χ2v) is 11.2. The van der Waals surface area contributed by atoms with Crippen LogP contribution in [0.4, 0.5) is 0 Å². The number of benzene rings is 3. The Morgan fingerprint density at radius 1 is 0.974 bits per heavy atom. The minimum absolute atomic E-state index is 0.134. The minimum atomic E-state index is -0.907. The lowest BCUT2D eigenvalue weighted by Gasteiger charge is -2.22. The van der Waals surface area contributed by atoms with Crippen molar-refractivity contribution in [3.63, 3.8) is 0 Å². The molecule has 1 fully saturated rings. The van der Waals surface area contributed by atoms with Crippen LogP contribution in [0.5, 0.6) is 5.75 Å². The molecule has 0 radical (unpaired) electrons. The number of carboxylic acids is 1. The second kappa shape index (κ2) is 13.0. The summed E-state index contributed by atoms with van der Waals surface area (Å²) in [5.74, 6) is 0.677. The van der Waals surface area contributed by atoms with Crippen molar-refractivity contribution in [2.24, 2.45) is 0 Å². The first-order valence-corrected chi connectivity index (χ1v) is 14.8. The fourth-order valence-electron chi connectivity index (χ4n) is 5.20. The molecule has 6 heteroatoms. The molecule has 1 aromatic heterocycles. The number of aromatic carboxylic acids is 1. The smallest absolute Gasteiger partial charge is 0.335 e. The number of carbonyl (C=O) groups is 1. The summed E-state index contributed by atoms with van der Waals surface area (Å²) in [6.07, 6.45) is 7.66. The van der Waals surface area contributed by atoms with Crippen molar-refractivity contribution in [3.05, 3.63) is 105 Å². The predicted octanol–water partition coefficient (Wildman–Crippen LogP) is 8.38. The summed E-state index contributed by atoms with van der Waals surface area (Å²) in [5.41, 5.74) is 6.05. The summed E-state index contributed by atoms with van der Waals surface area (Å²) in [5, 5.41) is 15.8. The van der Waals surface area contributed by atoms with Gasteiger partial charge in [0.15, 0.2) is 0 Å². The molecule has 0 aliphatic heterocycles. The fourth-order valence-corrected chi connectivity index (χ4v) is 6.19. The standard InChI is InChI=1S/C33H36N2O3S/c1-2-30(34-20-23-8-14-28(15-9-23)33(36)37)32-35-31(22-39-32)27-16-18-29(19-17-27)38-21-24-10-12-26(13-11-24)25-6-4-3-5-7-25/h8-19,22,25,30,34H,2-7,20-21H2,1H3,(H,36,37). The topological polar surface area (TPSA) is 71.5 Å². The van der Waals surface area contributed by atoms with E-state index in [1.54, 1.807) is 23.5 Å². The summed E-state index contributed by atoms with van der Waals surface area (Å²) in [6.45, 7) is 3.36. The highest BCUT2D eigenvalue weighted by molar-refractivity contribution is 7.10.